The molecule has 2 rings (SSSR count). The molecule has 1 heterocycles. The molecule has 13 heavy (non-hydrogen) atoms. The van der Waals surface area contributed by atoms with Gasteiger partial charge in [-0.15, -0.1) is 0 Å². The molecule has 1 fully saturated rings. The number of rotatable bonds is 1. The number of aromatic nitrogens is 1. The van der Waals surface area contributed by atoms with E-state index in [4.69, 9.17) is 0 Å². The van der Waals surface area contributed by atoms with Crippen LogP contribution in [0, 0.1) is 11.3 Å². The van der Waals surface area contributed by atoms with Gasteiger partial charge in [0.2, 0.25) is 0 Å². The van der Waals surface area contributed by atoms with Gasteiger partial charge in [0.05, 0.1) is 6.07 Å². The van der Waals surface area contributed by atoms with Crippen LogP contribution in [0.5, 0.6) is 0 Å². The minimum Gasteiger partial charge on any atom is -0.335 e. The number of nitrogens with zero attached hydrogens (tertiary/aromatic N) is 2. The summed E-state index contributed by atoms with van der Waals surface area (Å²) >= 11 is 0. The van der Waals surface area contributed by atoms with Crippen LogP contribution in [0.3, 0.4) is 0 Å². The largest absolute Gasteiger partial charge is 0.335 e. The van der Waals surface area contributed by atoms with Crippen LogP contribution in [-0.2, 0) is 5.54 Å². The van der Waals surface area contributed by atoms with Crippen LogP contribution in [0.2, 0.25) is 0 Å². The second-order valence-corrected chi connectivity index (χ2v) is 3.79. The van der Waals surface area contributed by atoms with Crippen LogP contribution in [0.15, 0.2) is 24.5 Å². The van der Waals surface area contributed by atoms with E-state index < -0.39 is 0 Å². The van der Waals surface area contributed by atoms with Crippen LogP contribution in [0.25, 0.3) is 0 Å². The van der Waals surface area contributed by atoms with Crippen LogP contribution in [-0.4, -0.2) is 4.57 Å². The van der Waals surface area contributed by atoms with Gasteiger partial charge in [0, 0.05) is 12.4 Å². The Kier molecular flexibility index (Phi) is 2.10. The van der Waals surface area contributed by atoms with Crippen molar-refractivity contribution in [2.75, 3.05) is 0 Å². The maximum atomic E-state index is 9.24. The quantitative estimate of drug-likeness (QED) is 0.643. The maximum Gasteiger partial charge on any atom is 0.131 e. The number of hydrogen-bond donors (Lipinski definition) is 0. The summed E-state index contributed by atoms with van der Waals surface area (Å²) in [7, 11) is 0. The van der Waals surface area contributed by atoms with Gasteiger partial charge in [-0.3, -0.25) is 0 Å². The summed E-state index contributed by atoms with van der Waals surface area (Å²) in [5.74, 6) is 0. The Hall–Kier alpha value is -1.23. The smallest absolute Gasteiger partial charge is 0.131 e. The van der Waals surface area contributed by atoms with Gasteiger partial charge >= 0.3 is 0 Å². The molecule has 0 radical (unpaired) electrons. The van der Waals surface area contributed by atoms with Crippen molar-refractivity contribution in [2.24, 2.45) is 0 Å². The van der Waals surface area contributed by atoms with Gasteiger partial charge in [-0.05, 0) is 25.0 Å². The van der Waals surface area contributed by atoms with Crippen molar-refractivity contribution in [3.05, 3.63) is 24.5 Å². The standard InChI is InChI=1S/C11H14N2/c12-10-11(6-2-1-3-7-11)13-8-4-5-9-13/h4-5,8-9H,1-3,6-7H2. The van der Waals surface area contributed by atoms with E-state index in [-0.39, 0.29) is 5.54 Å². The fourth-order valence-electron chi connectivity index (χ4n) is 2.18. The average Bonchev–Trinajstić information content (AvgIpc) is 2.72. The van der Waals surface area contributed by atoms with E-state index >= 15 is 0 Å². The molecule has 1 aromatic rings. The summed E-state index contributed by atoms with van der Waals surface area (Å²) in [4.78, 5) is 0. The predicted molar refractivity (Wildman–Crippen MR) is 51.1 cm³/mol. The lowest BCUT2D eigenvalue weighted by Crippen LogP contribution is -2.33. The van der Waals surface area contributed by atoms with Crippen molar-refractivity contribution in [1.82, 2.24) is 4.57 Å². The normalized spacial score (nSPS) is 20.8. The van der Waals surface area contributed by atoms with Crippen LogP contribution in [0.4, 0.5) is 0 Å². The molecule has 0 unspecified atom stereocenters. The SMILES string of the molecule is N#CC1(n2cccc2)CCCCC1. The van der Waals surface area contributed by atoms with Gasteiger partial charge in [0.25, 0.3) is 0 Å². The van der Waals surface area contributed by atoms with E-state index in [0.29, 0.717) is 0 Å². The van der Waals surface area contributed by atoms with Gasteiger partial charge in [-0.2, -0.15) is 5.26 Å². The first-order valence-electron chi connectivity index (χ1n) is 4.92. The summed E-state index contributed by atoms with van der Waals surface area (Å²) in [6, 6.07) is 6.47. The first-order chi connectivity index (χ1) is 6.37. The molecule has 0 bridgehead atoms. The average molecular weight is 174 g/mol. The third-order valence-electron chi connectivity index (χ3n) is 2.99. The van der Waals surface area contributed by atoms with Gasteiger partial charge in [0.15, 0.2) is 0 Å². The van der Waals surface area contributed by atoms with E-state index in [0.717, 1.165) is 12.8 Å². The minimum atomic E-state index is -0.234. The third-order valence-corrected chi connectivity index (χ3v) is 2.99. The molecule has 0 atom stereocenters. The Balaban J connectivity index is 2.30. The van der Waals surface area contributed by atoms with Crippen molar-refractivity contribution in [3.63, 3.8) is 0 Å². The van der Waals surface area contributed by atoms with Gasteiger partial charge in [-0.25, -0.2) is 0 Å². The van der Waals surface area contributed by atoms with Crippen molar-refractivity contribution in [3.8, 4) is 6.07 Å². The van der Waals surface area contributed by atoms with E-state index in [1.165, 1.54) is 19.3 Å². The molecule has 0 saturated heterocycles. The maximum absolute atomic E-state index is 9.24. The first kappa shape index (κ1) is 8.37. The van der Waals surface area contributed by atoms with E-state index in [2.05, 4.69) is 10.6 Å². The summed E-state index contributed by atoms with van der Waals surface area (Å²) in [5, 5.41) is 9.24. The fraction of sp³-hybridized carbons (Fsp3) is 0.545. The van der Waals surface area contributed by atoms with Crippen LogP contribution >= 0.6 is 0 Å². The molecule has 2 heteroatoms. The zero-order chi connectivity index (χ0) is 9.15. The second kappa shape index (κ2) is 3.26. The Morgan fingerprint density at radius 2 is 1.69 bits per heavy atom. The molecule has 1 saturated carbocycles. The fourth-order valence-corrected chi connectivity index (χ4v) is 2.18. The molecule has 0 N–H and O–H groups in total. The summed E-state index contributed by atoms with van der Waals surface area (Å²) < 4.78 is 2.08. The lowest BCUT2D eigenvalue weighted by atomic mass is 9.83. The van der Waals surface area contributed by atoms with Gasteiger partial charge < -0.3 is 4.57 Å². The highest BCUT2D eigenvalue weighted by atomic mass is 15.0. The molecule has 1 aromatic heterocycles. The van der Waals surface area contributed by atoms with E-state index in [1.54, 1.807) is 0 Å². The Bertz CT molecular complexity index is 299. The third kappa shape index (κ3) is 1.35. The zero-order valence-electron chi connectivity index (χ0n) is 7.74. The number of nitriles is 1. The molecular weight excluding hydrogens is 160 g/mol. The minimum absolute atomic E-state index is 0.234. The highest BCUT2D eigenvalue weighted by Gasteiger charge is 2.32. The van der Waals surface area contributed by atoms with Crippen molar-refractivity contribution in [2.45, 2.75) is 37.6 Å². The predicted octanol–water partition coefficient (Wildman–Crippen LogP) is 2.67. The zero-order valence-corrected chi connectivity index (χ0v) is 7.74. The lowest BCUT2D eigenvalue weighted by Gasteiger charge is -2.32. The van der Waals surface area contributed by atoms with Crippen LogP contribution < -0.4 is 0 Å². The molecule has 0 spiro atoms. The van der Waals surface area contributed by atoms with Crippen molar-refractivity contribution >= 4 is 0 Å². The Morgan fingerprint density at radius 1 is 1.08 bits per heavy atom. The Labute approximate surface area is 78.8 Å². The van der Waals surface area contributed by atoms with E-state index in [1.807, 2.05) is 24.5 Å². The first-order valence-corrected chi connectivity index (χ1v) is 4.92. The Morgan fingerprint density at radius 3 is 2.23 bits per heavy atom. The molecule has 0 aromatic carbocycles. The summed E-state index contributed by atoms with van der Waals surface area (Å²) in [6.07, 6.45) is 9.70. The molecule has 0 amide bonds. The summed E-state index contributed by atoms with van der Waals surface area (Å²) in [5.41, 5.74) is -0.234. The molecule has 1 aliphatic carbocycles. The summed E-state index contributed by atoms with van der Waals surface area (Å²) in [6.45, 7) is 0. The van der Waals surface area contributed by atoms with E-state index in [9.17, 15) is 5.26 Å². The molecular formula is C11H14N2. The van der Waals surface area contributed by atoms with Crippen molar-refractivity contribution < 1.29 is 0 Å². The molecule has 1 aliphatic rings. The molecule has 68 valence electrons. The monoisotopic (exact) mass is 174 g/mol. The number of hydrogen-bond acceptors (Lipinski definition) is 1. The molecule has 0 aliphatic heterocycles. The molecule has 2 nitrogen and oxygen atoms in total. The van der Waals surface area contributed by atoms with Gasteiger partial charge in [0.1, 0.15) is 5.54 Å². The highest BCUT2D eigenvalue weighted by Crippen LogP contribution is 2.34. The second-order valence-electron chi connectivity index (χ2n) is 3.79. The lowest BCUT2D eigenvalue weighted by molar-refractivity contribution is 0.267. The highest BCUT2D eigenvalue weighted by molar-refractivity contribution is 5.10. The van der Waals surface area contributed by atoms with Crippen molar-refractivity contribution in [1.29, 1.82) is 5.26 Å². The van der Waals surface area contributed by atoms with Crippen LogP contribution in [0.1, 0.15) is 32.1 Å². The van der Waals surface area contributed by atoms with Gasteiger partial charge in [-0.1, -0.05) is 19.3 Å². The topological polar surface area (TPSA) is 28.7 Å².